The van der Waals surface area contributed by atoms with Gasteiger partial charge in [-0.2, -0.15) is 5.10 Å². The number of rotatable bonds is 4. The molecule has 7 heteroatoms. The highest BCUT2D eigenvalue weighted by molar-refractivity contribution is 7.91. The molecule has 108 valence electrons. The molecular formula is C13H16N2O4S. The van der Waals surface area contributed by atoms with Gasteiger partial charge in [-0.05, 0) is 18.6 Å². The Labute approximate surface area is 117 Å². The predicted molar refractivity (Wildman–Crippen MR) is 75.5 cm³/mol. The molecule has 0 radical (unpaired) electrons. The number of ether oxygens (including phenoxy) is 1. The highest BCUT2D eigenvalue weighted by atomic mass is 32.2. The molecule has 0 spiro atoms. The molecule has 20 heavy (non-hydrogen) atoms. The lowest BCUT2D eigenvalue weighted by Crippen LogP contribution is -2.27. The summed E-state index contributed by atoms with van der Waals surface area (Å²) in [6, 6.07) is 7.24. The van der Waals surface area contributed by atoms with Crippen LogP contribution >= 0.6 is 0 Å². The first-order chi connectivity index (χ1) is 9.52. The van der Waals surface area contributed by atoms with E-state index in [2.05, 4.69) is 10.5 Å². The van der Waals surface area contributed by atoms with Crippen molar-refractivity contribution in [3.8, 4) is 5.75 Å². The summed E-state index contributed by atoms with van der Waals surface area (Å²) in [5.41, 5.74) is 3.10. The standard InChI is InChI=1S/C13H16N2O4S/c1-19-12-5-3-2-4-10(12)8-14-15-13(16)11-6-7-20(17,18)9-11/h2-5,8,11H,6-7,9H2,1H3,(H,15,16)/b14-8-/t11-/m0/s1. The van der Waals surface area contributed by atoms with Crippen LogP contribution < -0.4 is 10.2 Å². The third-order valence-electron chi connectivity index (χ3n) is 3.12. The Morgan fingerprint density at radius 2 is 2.20 bits per heavy atom. The number of benzene rings is 1. The van der Waals surface area contributed by atoms with Gasteiger partial charge in [0.2, 0.25) is 5.91 Å². The van der Waals surface area contributed by atoms with Gasteiger partial charge in [-0.15, -0.1) is 0 Å². The Hall–Kier alpha value is -1.89. The quantitative estimate of drug-likeness (QED) is 0.650. The molecular weight excluding hydrogens is 280 g/mol. The lowest BCUT2D eigenvalue weighted by Gasteiger charge is -2.05. The number of para-hydroxylation sites is 1. The van der Waals surface area contributed by atoms with Crippen molar-refractivity contribution in [2.75, 3.05) is 18.6 Å². The van der Waals surface area contributed by atoms with Crippen LogP contribution in [0.5, 0.6) is 5.75 Å². The number of carbonyl (C=O) groups is 1. The van der Waals surface area contributed by atoms with E-state index in [9.17, 15) is 13.2 Å². The third kappa shape index (κ3) is 3.57. The van der Waals surface area contributed by atoms with Gasteiger partial charge in [0.05, 0.1) is 30.7 Å². The summed E-state index contributed by atoms with van der Waals surface area (Å²) in [5.74, 6) is -0.245. The Balaban J connectivity index is 1.95. The number of hydrazone groups is 1. The highest BCUT2D eigenvalue weighted by Crippen LogP contribution is 2.18. The molecule has 1 aromatic carbocycles. The molecule has 2 rings (SSSR count). The number of carbonyl (C=O) groups excluding carboxylic acids is 1. The number of amides is 1. The van der Waals surface area contributed by atoms with E-state index >= 15 is 0 Å². The van der Waals surface area contributed by atoms with Crippen LogP contribution in [0.4, 0.5) is 0 Å². The smallest absolute Gasteiger partial charge is 0.244 e. The zero-order chi connectivity index (χ0) is 14.6. The fourth-order valence-electron chi connectivity index (χ4n) is 2.03. The van der Waals surface area contributed by atoms with E-state index in [1.165, 1.54) is 6.21 Å². The minimum Gasteiger partial charge on any atom is -0.496 e. The second kappa shape index (κ2) is 6.04. The summed E-state index contributed by atoms with van der Waals surface area (Å²) in [5, 5.41) is 3.84. The van der Waals surface area contributed by atoms with Crippen molar-refractivity contribution in [1.29, 1.82) is 0 Å². The highest BCUT2D eigenvalue weighted by Gasteiger charge is 2.32. The summed E-state index contributed by atoms with van der Waals surface area (Å²) in [6.45, 7) is 0. The van der Waals surface area contributed by atoms with Gasteiger partial charge in [0.25, 0.3) is 0 Å². The Morgan fingerprint density at radius 3 is 2.85 bits per heavy atom. The van der Waals surface area contributed by atoms with Gasteiger partial charge in [0.15, 0.2) is 9.84 Å². The Kier molecular flexibility index (Phi) is 4.39. The van der Waals surface area contributed by atoms with E-state index < -0.39 is 15.8 Å². The van der Waals surface area contributed by atoms with Crippen LogP contribution in [0.2, 0.25) is 0 Å². The van der Waals surface area contributed by atoms with Crippen molar-refractivity contribution >= 4 is 22.0 Å². The van der Waals surface area contributed by atoms with Gasteiger partial charge in [-0.25, -0.2) is 13.8 Å². The average molecular weight is 296 g/mol. The number of sulfone groups is 1. The number of nitrogens with one attached hydrogen (secondary N) is 1. The molecule has 1 aromatic rings. The normalized spacial score (nSPS) is 20.9. The molecule has 1 aliphatic heterocycles. The maximum Gasteiger partial charge on any atom is 0.244 e. The van der Waals surface area contributed by atoms with Gasteiger partial charge >= 0.3 is 0 Å². The van der Waals surface area contributed by atoms with Crippen LogP contribution in [0.1, 0.15) is 12.0 Å². The van der Waals surface area contributed by atoms with Crippen molar-refractivity contribution in [2.45, 2.75) is 6.42 Å². The van der Waals surface area contributed by atoms with Gasteiger partial charge in [-0.3, -0.25) is 4.79 Å². The monoisotopic (exact) mass is 296 g/mol. The van der Waals surface area contributed by atoms with Gasteiger partial charge in [0, 0.05) is 5.56 Å². The van der Waals surface area contributed by atoms with Crippen LogP contribution in [-0.4, -0.2) is 39.2 Å². The summed E-state index contributed by atoms with van der Waals surface area (Å²) < 4.78 is 27.7. The van der Waals surface area contributed by atoms with E-state index in [0.29, 0.717) is 12.2 Å². The first-order valence-electron chi connectivity index (χ1n) is 6.18. The van der Waals surface area contributed by atoms with Crippen LogP contribution in [-0.2, 0) is 14.6 Å². The van der Waals surface area contributed by atoms with Crippen molar-refractivity contribution in [3.05, 3.63) is 29.8 Å². The molecule has 0 unspecified atom stereocenters. The van der Waals surface area contributed by atoms with Crippen molar-refractivity contribution in [1.82, 2.24) is 5.43 Å². The molecule has 1 heterocycles. The lowest BCUT2D eigenvalue weighted by atomic mass is 10.1. The number of methoxy groups -OCH3 is 1. The number of hydrogen-bond donors (Lipinski definition) is 1. The van der Waals surface area contributed by atoms with E-state index in [1.807, 2.05) is 12.1 Å². The van der Waals surface area contributed by atoms with Crippen molar-refractivity contribution in [2.24, 2.45) is 11.0 Å². The zero-order valence-electron chi connectivity index (χ0n) is 11.1. The zero-order valence-corrected chi connectivity index (χ0v) is 11.9. The minimum atomic E-state index is -3.06. The Morgan fingerprint density at radius 1 is 1.45 bits per heavy atom. The molecule has 0 aromatic heterocycles. The third-order valence-corrected chi connectivity index (χ3v) is 4.89. The summed E-state index contributed by atoms with van der Waals surface area (Å²) in [7, 11) is -1.51. The molecule has 1 atom stereocenters. The lowest BCUT2D eigenvalue weighted by molar-refractivity contribution is -0.124. The molecule has 0 saturated carbocycles. The molecule has 1 fully saturated rings. The van der Waals surface area contributed by atoms with Crippen molar-refractivity contribution in [3.63, 3.8) is 0 Å². The van der Waals surface area contributed by atoms with Gasteiger partial charge in [0.1, 0.15) is 5.75 Å². The van der Waals surface area contributed by atoms with Crippen LogP contribution in [0, 0.1) is 5.92 Å². The van der Waals surface area contributed by atoms with Crippen LogP contribution in [0.25, 0.3) is 0 Å². The topological polar surface area (TPSA) is 84.8 Å². The average Bonchev–Trinajstić information content (AvgIpc) is 2.79. The second-order valence-corrected chi connectivity index (χ2v) is 6.80. The molecule has 0 bridgehead atoms. The minimum absolute atomic E-state index is 0.0707. The second-order valence-electron chi connectivity index (χ2n) is 4.58. The summed E-state index contributed by atoms with van der Waals surface area (Å²) in [6.07, 6.45) is 1.83. The molecule has 1 aliphatic rings. The fourth-order valence-corrected chi connectivity index (χ4v) is 3.77. The van der Waals surface area contributed by atoms with E-state index in [1.54, 1.807) is 19.2 Å². The maximum absolute atomic E-state index is 11.8. The van der Waals surface area contributed by atoms with Gasteiger partial charge in [-0.1, -0.05) is 12.1 Å². The maximum atomic E-state index is 11.8. The first-order valence-corrected chi connectivity index (χ1v) is 8.00. The molecule has 6 nitrogen and oxygen atoms in total. The molecule has 0 aliphatic carbocycles. The predicted octanol–water partition coefficient (Wildman–Crippen LogP) is 0.580. The van der Waals surface area contributed by atoms with E-state index in [-0.39, 0.29) is 17.4 Å². The van der Waals surface area contributed by atoms with Crippen molar-refractivity contribution < 1.29 is 17.9 Å². The summed E-state index contributed by atoms with van der Waals surface area (Å²) >= 11 is 0. The van der Waals surface area contributed by atoms with E-state index in [4.69, 9.17) is 4.74 Å². The van der Waals surface area contributed by atoms with Crippen LogP contribution in [0.3, 0.4) is 0 Å². The first kappa shape index (κ1) is 14.5. The summed E-state index contributed by atoms with van der Waals surface area (Å²) in [4.78, 5) is 11.8. The molecule has 1 N–H and O–H groups in total. The molecule has 1 saturated heterocycles. The largest absolute Gasteiger partial charge is 0.496 e. The van der Waals surface area contributed by atoms with Gasteiger partial charge < -0.3 is 4.74 Å². The number of hydrogen-bond acceptors (Lipinski definition) is 5. The van der Waals surface area contributed by atoms with E-state index in [0.717, 1.165) is 5.56 Å². The number of nitrogens with zero attached hydrogens (tertiary/aromatic N) is 1. The van der Waals surface area contributed by atoms with Crippen LogP contribution in [0.15, 0.2) is 29.4 Å². The fraction of sp³-hybridized carbons (Fsp3) is 0.385. The SMILES string of the molecule is COc1ccccc1/C=N\NC(=O)[C@H]1CCS(=O)(=O)C1. The molecule has 1 amide bonds. The Bertz CT molecular complexity index is 625.